The Labute approximate surface area is 208 Å². The molecule has 0 spiro atoms. The van der Waals surface area contributed by atoms with E-state index >= 15 is 0 Å². The molecule has 174 valence electrons. The van der Waals surface area contributed by atoms with Gasteiger partial charge in [-0.15, -0.1) is 11.3 Å². The highest BCUT2D eigenvalue weighted by atomic mass is 35.5. The second-order valence-corrected chi connectivity index (χ2v) is 10.1. The fourth-order valence-electron chi connectivity index (χ4n) is 4.60. The lowest BCUT2D eigenvalue weighted by Gasteiger charge is -2.12. The molecule has 0 bridgehead atoms. The number of hydrogen-bond acceptors (Lipinski definition) is 4. The third-order valence-corrected chi connectivity index (χ3v) is 7.68. The van der Waals surface area contributed by atoms with Crippen LogP contribution in [0.4, 0.5) is 5.00 Å². The average molecular weight is 492 g/mol. The van der Waals surface area contributed by atoms with E-state index in [9.17, 15) is 4.79 Å². The van der Waals surface area contributed by atoms with Crippen LogP contribution in [0.25, 0.3) is 5.69 Å². The second kappa shape index (κ2) is 9.65. The number of fused-ring (bicyclic) bond motifs is 1. The van der Waals surface area contributed by atoms with Gasteiger partial charge in [-0.2, -0.15) is 0 Å². The van der Waals surface area contributed by atoms with Crippen molar-refractivity contribution in [1.29, 1.82) is 0 Å². The molecule has 1 aromatic carbocycles. The summed E-state index contributed by atoms with van der Waals surface area (Å²) < 4.78 is 7.54. The summed E-state index contributed by atoms with van der Waals surface area (Å²) in [5.74, 6) is 0.642. The molecule has 0 saturated heterocycles. The van der Waals surface area contributed by atoms with Gasteiger partial charge >= 0.3 is 0 Å². The predicted molar refractivity (Wildman–Crippen MR) is 138 cm³/mol. The molecule has 0 atom stereocenters. The molecule has 7 heteroatoms. The van der Waals surface area contributed by atoms with Crippen molar-refractivity contribution < 1.29 is 9.21 Å². The number of aliphatic imine (C=N–C) groups is 1. The summed E-state index contributed by atoms with van der Waals surface area (Å²) in [4.78, 5) is 19.3. The van der Waals surface area contributed by atoms with Crippen molar-refractivity contribution >= 4 is 40.1 Å². The third-order valence-electron chi connectivity index (χ3n) is 6.24. The Kier molecular flexibility index (Phi) is 6.44. The number of halogens is 1. The van der Waals surface area contributed by atoms with E-state index in [1.54, 1.807) is 17.6 Å². The van der Waals surface area contributed by atoms with Gasteiger partial charge in [0.1, 0.15) is 10.8 Å². The van der Waals surface area contributed by atoms with Crippen molar-refractivity contribution in [3.8, 4) is 5.69 Å². The summed E-state index contributed by atoms with van der Waals surface area (Å²) in [6, 6.07) is 13.6. The van der Waals surface area contributed by atoms with Gasteiger partial charge in [-0.25, -0.2) is 4.99 Å². The first-order valence-electron chi connectivity index (χ1n) is 11.5. The number of furan rings is 1. The molecule has 1 aliphatic carbocycles. The van der Waals surface area contributed by atoms with Gasteiger partial charge in [-0.1, -0.05) is 17.7 Å². The van der Waals surface area contributed by atoms with Crippen molar-refractivity contribution in [3.63, 3.8) is 0 Å². The molecule has 3 heterocycles. The maximum absolute atomic E-state index is 13.2. The Morgan fingerprint density at radius 2 is 2.06 bits per heavy atom. The Balaban J connectivity index is 1.46. The van der Waals surface area contributed by atoms with Gasteiger partial charge in [0, 0.05) is 38.8 Å². The molecular weight excluding hydrogens is 466 g/mol. The van der Waals surface area contributed by atoms with E-state index in [0.717, 1.165) is 64.6 Å². The number of aryl methyl sites for hydroxylation is 2. The number of thiophene rings is 1. The number of carbonyl (C=O) groups is 1. The molecule has 1 aliphatic rings. The minimum absolute atomic E-state index is 0.0904. The standard InChI is InChI=1S/C27H26ClN3O2S/c1-17-13-19(18(2)31(17)21-8-5-7-20(28)14-21)15-30-27-25(23-10-3-4-11-24(23)34-27)26(32)29-16-22-9-6-12-33-22/h5-9,12-15H,3-4,10-11,16H2,1-2H3,(H,29,32). The molecule has 5 rings (SSSR count). The van der Waals surface area contributed by atoms with E-state index in [0.29, 0.717) is 17.1 Å². The number of hydrogen-bond donors (Lipinski definition) is 1. The molecule has 1 N–H and O–H groups in total. The number of aromatic nitrogens is 1. The molecule has 0 radical (unpaired) electrons. The van der Waals surface area contributed by atoms with Crippen LogP contribution in [-0.2, 0) is 19.4 Å². The van der Waals surface area contributed by atoms with Crippen LogP contribution in [-0.4, -0.2) is 16.7 Å². The van der Waals surface area contributed by atoms with Crippen molar-refractivity contribution in [3.05, 3.63) is 92.5 Å². The van der Waals surface area contributed by atoms with Crippen LogP contribution in [0.2, 0.25) is 5.02 Å². The highest BCUT2D eigenvalue weighted by molar-refractivity contribution is 7.16. The average Bonchev–Trinajstić information content (AvgIpc) is 3.53. The topological polar surface area (TPSA) is 59.5 Å². The number of benzene rings is 1. The SMILES string of the molecule is Cc1cc(C=Nc2sc3c(c2C(=O)NCc2ccco2)CCCC3)c(C)n1-c1cccc(Cl)c1. The summed E-state index contributed by atoms with van der Waals surface area (Å²) in [5, 5.41) is 4.49. The smallest absolute Gasteiger partial charge is 0.255 e. The molecule has 4 aromatic rings. The molecule has 3 aromatic heterocycles. The van der Waals surface area contributed by atoms with Gasteiger partial charge in [0.05, 0.1) is 18.4 Å². The van der Waals surface area contributed by atoms with Crippen LogP contribution >= 0.6 is 22.9 Å². The molecule has 1 amide bonds. The number of nitrogens with zero attached hydrogens (tertiary/aromatic N) is 2. The first kappa shape index (κ1) is 22.7. The molecule has 0 aliphatic heterocycles. The number of rotatable bonds is 6. The monoisotopic (exact) mass is 491 g/mol. The predicted octanol–water partition coefficient (Wildman–Crippen LogP) is 6.96. The van der Waals surface area contributed by atoms with Gasteiger partial charge in [0.15, 0.2) is 0 Å². The molecule has 0 unspecified atom stereocenters. The van der Waals surface area contributed by atoms with E-state index in [1.807, 2.05) is 42.6 Å². The zero-order valence-electron chi connectivity index (χ0n) is 19.2. The van der Waals surface area contributed by atoms with Crippen LogP contribution in [0.3, 0.4) is 0 Å². The van der Waals surface area contributed by atoms with Crippen LogP contribution < -0.4 is 5.32 Å². The Bertz CT molecular complexity index is 1360. The van der Waals surface area contributed by atoms with Gasteiger partial charge in [0.25, 0.3) is 5.91 Å². The lowest BCUT2D eigenvalue weighted by atomic mass is 9.95. The summed E-state index contributed by atoms with van der Waals surface area (Å²) in [7, 11) is 0. The van der Waals surface area contributed by atoms with E-state index in [-0.39, 0.29) is 5.91 Å². The lowest BCUT2D eigenvalue weighted by Crippen LogP contribution is -2.23. The van der Waals surface area contributed by atoms with E-state index < -0.39 is 0 Å². The van der Waals surface area contributed by atoms with Crippen molar-refractivity contribution in [2.75, 3.05) is 0 Å². The summed E-state index contributed by atoms with van der Waals surface area (Å²) >= 11 is 7.86. The minimum atomic E-state index is -0.0904. The van der Waals surface area contributed by atoms with Crippen LogP contribution in [0, 0.1) is 13.8 Å². The first-order valence-corrected chi connectivity index (χ1v) is 12.6. The van der Waals surface area contributed by atoms with E-state index in [2.05, 4.69) is 29.8 Å². The molecule has 0 fully saturated rings. The van der Waals surface area contributed by atoms with Gasteiger partial charge in [0.2, 0.25) is 0 Å². The number of nitrogens with one attached hydrogen (secondary N) is 1. The zero-order valence-corrected chi connectivity index (χ0v) is 20.8. The van der Waals surface area contributed by atoms with Crippen LogP contribution in [0.5, 0.6) is 0 Å². The molecule has 0 saturated carbocycles. The fraction of sp³-hybridized carbons (Fsp3) is 0.259. The molecule has 34 heavy (non-hydrogen) atoms. The summed E-state index contributed by atoms with van der Waals surface area (Å²) in [6.07, 6.45) is 7.69. The largest absolute Gasteiger partial charge is 0.467 e. The Hall–Kier alpha value is -3.09. The highest BCUT2D eigenvalue weighted by Crippen LogP contribution is 2.40. The molecular formula is C27H26ClN3O2S. The summed E-state index contributed by atoms with van der Waals surface area (Å²) in [6.45, 7) is 4.51. The highest BCUT2D eigenvalue weighted by Gasteiger charge is 2.25. The minimum Gasteiger partial charge on any atom is -0.467 e. The zero-order chi connectivity index (χ0) is 23.7. The van der Waals surface area contributed by atoms with Crippen molar-refractivity contribution in [2.24, 2.45) is 4.99 Å². The maximum Gasteiger partial charge on any atom is 0.255 e. The first-order chi connectivity index (χ1) is 16.5. The summed E-state index contributed by atoms with van der Waals surface area (Å²) in [5.41, 5.74) is 6.09. The van der Waals surface area contributed by atoms with E-state index in [4.69, 9.17) is 21.0 Å². The molecule has 5 nitrogen and oxygen atoms in total. The Morgan fingerprint density at radius 1 is 1.21 bits per heavy atom. The van der Waals surface area contributed by atoms with Crippen molar-refractivity contribution in [1.82, 2.24) is 9.88 Å². The van der Waals surface area contributed by atoms with Crippen molar-refractivity contribution in [2.45, 2.75) is 46.1 Å². The van der Waals surface area contributed by atoms with Gasteiger partial charge in [-0.05, 0) is 81.5 Å². The number of carbonyl (C=O) groups excluding carboxylic acids is 1. The van der Waals surface area contributed by atoms with Crippen LogP contribution in [0.15, 0.2) is 58.1 Å². The third kappa shape index (κ3) is 4.48. The van der Waals surface area contributed by atoms with Crippen LogP contribution in [0.1, 0.15) is 56.4 Å². The Morgan fingerprint density at radius 3 is 2.85 bits per heavy atom. The second-order valence-electron chi connectivity index (χ2n) is 8.55. The lowest BCUT2D eigenvalue weighted by molar-refractivity contribution is 0.0948. The van der Waals surface area contributed by atoms with Gasteiger partial charge in [-0.3, -0.25) is 4.79 Å². The fourth-order valence-corrected chi connectivity index (χ4v) is 6.02. The normalized spacial score (nSPS) is 13.4. The quantitative estimate of drug-likeness (QED) is 0.296. The maximum atomic E-state index is 13.2. The van der Waals surface area contributed by atoms with E-state index in [1.165, 1.54) is 4.88 Å². The van der Waals surface area contributed by atoms with Gasteiger partial charge < -0.3 is 14.3 Å². The number of amides is 1.